The predicted octanol–water partition coefficient (Wildman–Crippen LogP) is 9.49. The molecule has 5 rings (SSSR count). The van der Waals surface area contributed by atoms with Crippen molar-refractivity contribution in [2.45, 2.75) is 83.5 Å². The van der Waals surface area contributed by atoms with Crippen molar-refractivity contribution in [2.24, 2.45) is 0 Å². The van der Waals surface area contributed by atoms with Crippen LogP contribution in [0.15, 0.2) is 95.8 Å². The molecule has 0 bridgehead atoms. The van der Waals surface area contributed by atoms with Gasteiger partial charge in [0.25, 0.3) is 0 Å². The molecular weight excluding hydrogens is 615 g/mol. The van der Waals surface area contributed by atoms with Gasteiger partial charge in [-0.2, -0.15) is 4.58 Å². The number of unbranched alkanes of at least 4 members (excludes halogenated alkanes) is 2. The van der Waals surface area contributed by atoms with Gasteiger partial charge in [-0.05, 0) is 97.4 Å². The molecule has 0 atom stereocenters. The van der Waals surface area contributed by atoms with Crippen LogP contribution in [-0.4, -0.2) is 27.7 Å². The Bertz CT molecular complexity index is 1480. The Hall–Kier alpha value is -2.73. The topological polar surface area (TPSA) is 23.3 Å². The number of rotatable bonds is 9. The lowest BCUT2D eigenvalue weighted by atomic mass is 9.81. The van der Waals surface area contributed by atoms with Crippen molar-refractivity contribution in [3.8, 4) is 0 Å². The van der Waals surface area contributed by atoms with Gasteiger partial charge in [-0.15, -0.1) is 0 Å². The van der Waals surface area contributed by atoms with E-state index in [9.17, 15) is 4.79 Å². The number of halogens is 1. The number of para-hydroxylation sites is 2. The van der Waals surface area contributed by atoms with E-state index >= 15 is 0 Å². The molecule has 214 valence electrons. The zero-order chi connectivity index (χ0) is 29.2. The fourth-order valence-corrected chi connectivity index (χ4v) is 7.29. The number of anilines is 1. The zero-order valence-electron chi connectivity index (χ0n) is 25.3. The molecule has 2 aliphatic heterocycles. The summed E-state index contributed by atoms with van der Waals surface area (Å²) in [6.45, 7) is 10.4. The summed E-state index contributed by atoms with van der Waals surface area (Å²) in [7, 11) is 2.19. The molecule has 0 N–H and O–H groups in total. The third-order valence-electron chi connectivity index (χ3n) is 9.21. The number of benzene rings is 2. The van der Waals surface area contributed by atoms with Gasteiger partial charge in [0, 0.05) is 47.5 Å². The second kappa shape index (κ2) is 12.2. The highest BCUT2D eigenvalue weighted by Gasteiger charge is 2.42. The summed E-state index contributed by atoms with van der Waals surface area (Å²) >= 11 is 1.91. The third-order valence-corrected chi connectivity index (χ3v) is 9.75. The Morgan fingerprint density at radius 3 is 2.39 bits per heavy atom. The highest BCUT2D eigenvalue weighted by Crippen LogP contribution is 2.48. The van der Waals surface area contributed by atoms with E-state index in [1.807, 2.05) is 22.6 Å². The lowest BCUT2D eigenvalue weighted by Crippen LogP contribution is -2.27. The summed E-state index contributed by atoms with van der Waals surface area (Å²) < 4.78 is 2.62. The van der Waals surface area contributed by atoms with Crippen LogP contribution in [0.1, 0.15) is 83.8 Å². The summed E-state index contributed by atoms with van der Waals surface area (Å²) in [5.74, 6) is 0. The number of hydrogen-bond donors (Lipinski definition) is 0. The van der Waals surface area contributed by atoms with E-state index in [4.69, 9.17) is 0 Å². The van der Waals surface area contributed by atoms with Crippen LogP contribution in [0, 0.1) is 0 Å². The van der Waals surface area contributed by atoms with Gasteiger partial charge in [-0.3, -0.25) is 4.79 Å². The fourth-order valence-electron chi connectivity index (χ4n) is 6.91. The summed E-state index contributed by atoms with van der Waals surface area (Å²) in [4.78, 5) is 13.9. The van der Waals surface area contributed by atoms with Crippen molar-refractivity contribution in [3.05, 3.63) is 107 Å². The molecule has 0 amide bonds. The van der Waals surface area contributed by atoms with E-state index in [0.29, 0.717) is 6.42 Å². The zero-order valence-corrected chi connectivity index (χ0v) is 27.5. The average Bonchev–Trinajstić information content (AvgIpc) is 3.28. The maximum Gasteiger partial charge on any atom is 0.209 e. The van der Waals surface area contributed by atoms with Crippen molar-refractivity contribution < 1.29 is 9.37 Å². The van der Waals surface area contributed by atoms with Gasteiger partial charge >= 0.3 is 0 Å². The van der Waals surface area contributed by atoms with Crippen LogP contribution in [0.4, 0.5) is 11.4 Å². The summed E-state index contributed by atoms with van der Waals surface area (Å²) in [6.07, 6.45) is 19.1. The van der Waals surface area contributed by atoms with Crippen LogP contribution in [0.3, 0.4) is 0 Å². The summed E-state index contributed by atoms with van der Waals surface area (Å²) in [6, 6.07) is 17.6. The molecule has 0 fully saturated rings. The fraction of sp³-hybridized carbons (Fsp3) is 0.405. The van der Waals surface area contributed by atoms with Crippen LogP contribution in [0.25, 0.3) is 0 Å². The Morgan fingerprint density at radius 2 is 1.63 bits per heavy atom. The van der Waals surface area contributed by atoms with Gasteiger partial charge in [0.1, 0.15) is 7.05 Å². The lowest BCUT2D eigenvalue weighted by molar-refractivity contribution is -0.401. The highest BCUT2D eigenvalue weighted by molar-refractivity contribution is 14.1. The van der Waals surface area contributed by atoms with E-state index in [1.165, 1.54) is 51.5 Å². The predicted molar refractivity (Wildman–Crippen MR) is 182 cm³/mol. The van der Waals surface area contributed by atoms with Crippen molar-refractivity contribution in [3.63, 3.8) is 0 Å². The van der Waals surface area contributed by atoms with Crippen molar-refractivity contribution in [1.82, 2.24) is 0 Å². The van der Waals surface area contributed by atoms with Gasteiger partial charge in [0.2, 0.25) is 5.69 Å². The Balaban J connectivity index is 1.37. The molecular formula is C37H44IN2O+. The van der Waals surface area contributed by atoms with E-state index in [0.717, 1.165) is 38.6 Å². The van der Waals surface area contributed by atoms with Crippen LogP contribution < -0.4 is 4.90 Å². The van der Waals surface area contributed by atoms with Crippen LogP contribution in [-0.2, 0) is 15.6 Å². The van der Waals surface area contributed by atoms with Crippen molar-refractivity contribution in [2.75, 3.05) is 18.5 Å². The van der Waals surface area contributed by atoms with Gasteiger partial charge < -0.3 is 4.90 Å². The molecule has 0 spiro atoms. The molecule has 41 heavy (non-hydrogen) atoms. The summed E-state index contributed by atoms with van der Waals surface area (Å²) in [5, 5.41) is 0. The first kappa shape index (κ1) is 29.8. The molecule has 0 radical (unpaired) electrons. The Morgan fingerprint density at radius 1 is 0.902 bits per heavy atom. The second-order valence-electron chi connectivity index (χ2n) is 12.7. The monoisotopic (exact) mass is 659 g/mol. The van der Waals surface area contributed by atoms with E-state index in [-0.39, 0.29) is 14.6 Å². The number of carbonyl (C=O) groups is 1. The van der Waals surface area contributed by atoms with Crippen molar-refractivity contribution in [1.29, 1.82) is 0 Å². The molecule has 0 aromatic heterocycles. The number of nitrogens with zero attached hydrogens (tertiary/aromatic N) is 2. The minimum absolute atomic E-state index is 0.00161. The number of carbonyl (C=O) groups excluding carboxylic acids is 1. The van der Waals surface area contributed by atoms with Gasteiger partial charge in [-0.25, -0.2) is 0 Å². The molecule has 2 aromatic carbocycles. The molecule has 3 nitrogen and oxygen atoms in total. The first-order chi connectivity index (χ1) is 19.6. The first-order valence-corrected chi connectivity index (χ1v) is 16.2. The smallest absolute Gasteiger partial charge is 0.209 e. The van der Waals surface area contributed by atoms with E-state index < -0.39 is 0 Å². The molecule has 0 unspecified atom stereocenters. The SMILES string of the molecule is C[N+]1=C(/C=C/C2=CC(=C/C=C3/N(CCCCCC(=O)I)c4ccccc4C3(C)C)/CCC2)C(C)(C)c2ccccc21. The molecule has 1 aliphatic carbocycles. The van der Waals surface area contributed by atoms with Gasteiger partial charge in [0.05, 0.1) is 5.41 Å². The van der Waals surface area contributed by atoms with Crippen LogP contribution in [0.5, 0.6) is 0 Å². The first-order valence-electron chi connectivity index (χ1n) is 15.2. The minimum Gasteiger partial charge on any atom is -0.344 e. The molecule has 2 aromatic rings. The number of hydrogen-bond acceptors (Lipinski definition) is 2. The Labute approximate surface area is 260 Å². The standard InChI is InChI=1S/C37H44IN2O/c1-36(2)29-16-8-10-18-31(29)39(5)33(36)23-21-27-14-13-15-28(26-27)22-24-34-37(3,4)30-17-9-11-19-32(30)40(34)25-12-6-7-20-35(38)41/h8-11,16-19,21-24,26H,6-7,12-15,20,25H2,1-5H3/q+1. The van der Waals surface area contributed by atoms with Gasteiger partial charge in [0.15, 0.2) is 9.50 Å². The normalized spacial score (nSPS) is 21.1. The van der Waals surface area contributed by atoms with Crippen LogP contribution in [0.2, 0.25) is 0 Å². The second-order valence-corrected chi connectivity index (χ2v) is 13.9. The number of fused-ring (bicyclic) bond motifs is 2. The Kier molecular flexibility index (Phi) is 8.89. The molecule has 3 aliphatic rings. The van der Waals surface area contributed by atoms with Crippen molar-refractivity contribution >= 4 is 43.5 Å². The summed E-state index contributed by atoms with van der Waals surface area (Å²) in [5.41, 5.74) is 10.9. The maximum atomic E-state index is 11.4. The van der Waals surface area contributed by atoms with Crippen LogP contribution >= 0.6 is 22.6 Å². The quantitative estimate of drug-likeness (QED) is 0.116. The molecule has 0 saturated carbocycles. The molecule has 0 saturated heterocycles. The number of allylic oxidation sites excluding steroid dienone is 8. The third kappa shape index (κ3) is 6.09. The highest BCUT2D eigenvalue weighted by atomic mass is 127. The van der Waals surface area contributed by atoms with E-state index in [2.05, 4.69) is 123 Å². The largest absolute Gasteiger partial charge is 0.344 e. The molecule has 2 heterocycles. The minimum atomic E-state index is -0.0444. The lowest BCUT2D eigenvalue weighted by Gasteiger charge is -2.27. The molecule has 4 heteroatoms. The average molecular weight is 660 g/mol. The van der Waals surface area contributed by atoms with E-state index in [1.54, 1.807) is 0 Å². The van der Waals surface area contributed by atoms with Gasteiger partial charge in [-0.1, -0.05) is 74.9 Å². The maximum absolute atomic E-state index is 11.4.